The molecule has 2 nitrogen and oxygen atoms in total. The number of hydrogen-bond acceptors (Lipinski definition) is 2. The first-order valence-electron chi connectivity index (χ1n) is 5.79. The zero-order valence-corrected chi connectivity index (χ0v) is 10.7. The Labute approximate surface area is 89.8 Å². The summed E-state index contributed by atoms with van der Waals surface area (Å²) >= 11 is 0. The summed E-state index contributed by atoms with van der Waals surface area (Å²) < 4.78 is 12.2. The maximum absolute atomic E-state index is 11.4. The number of rotatable bonds is 6. The van der Waals surface area contributed by atoms with Crippen LogP contribution < -0.4 is 0 Å². The van der Waals surface area contributed by atoms with Crippen LogP contribution in [0.25, 0.3) is 0 Å². The lowest BCUT2D eigenvalue weighted by Crippen LogP contribution is -2.36. The van der Waals surface area contributed by atoms with Crippen LogP contribution in [0.5, 0.6) is 0 Å². The van der Waals surface area contributed by atoms with Crippen LogP contribution in [0.2, 0.25) is 18.6 Å². The average Bonchev–Trinajstić information content (AvgIpc) is 2.25. The SMILES string of the molecule is [2H]C=C(C)C(=O)OC[Si](C)(CC)CCC. The minimum absolute atomic E-state index is 0.340. The van der Waals surface area contributed by atoms with Crippen molar-refractivity contribution in [2.24, 2.45) is 0 Å². The molecule has 0 aliphatic heterocycles. The fourth-order valence-corrected chi connectivity index (χ4v) is 3.70. The second-order valence-electron chi connectivity index (χ2n) is 4.17. The van der Waals surface area contributed by atoms with E-state index in [4.69, 9.17) is 6.11 Å². The van der Waals surface area contributed by atoms with Gasteiger partial charge in [0.15, 0.2) is 0 Å². The summed E-state index contributed by atoms with van der Waals surface area (Å²) in [5, 5.41) is 0. The predicted molar refractivity (Wildman–Crippen MR) is 63.0 cm³/mol. The summed E-state index contributed by atoms with van der Waals surface area (Å²) in [6.07, 6.45) is 1.74. The summed E-state index contributed by atoms with van der Waals surface area (Å²) in [6, 6.07) is 2.33. The molecule has 0 saturated carbocycles. The van der Waals surface area contributed by atoms with Crippen LogP contribution in [0.3, 0.4) is 0 Å². The Hall–Kier alpha value is -0.573. The highest BCUT2D eigenvalue weighted by molar-refractivity contribution is 6.78. The van der Waals surface area contributed by atoms with E-state index in [1.54, 1.807) is 6.92 Å². The van der Waals surface area contributed by atoms with Crippen molar-refractivity contribution in [1.82, 2.24) is 0 Å². The maximum Gasteiger partial charge on any atom is 0.332 e. The number of carbonyl (C=O) groups excluding carboxylic acids is 1. The van der Waals surface area contributed by atoms with E-state index in [2.05, 4.69) is 20.4 Å². The molecular formula is C11H22O2Si. The molecule has 14 heavy (non-hydrogen) atoms. The molecule has 0 fully saturated rings. The smallest absolute Gasteiger partial charge is 0.332 e. The van der Waals surface area contributed by atoms with Crippen molar-refractivity contribution in [1.29, 1.82) is 0 Å². The van der Waals surface area contributed by atoms with Crippen LogP contribution in [-0.4, -0.2) is 20.3 Å². The van der Waals surface area contributed by atoms with Gasteiger partial charge in [0.1, 0.15) is 0 Å². The highest BCUT2D eigenvalue weighted by Crippen LogP contribution is 2.17. The highest BCUT2D eigenvalue weighted by Gasteiger charge is 2.25. The van der Waals surface area contributed by atoms with Gasteiger partial charge in [-0.15, -0.1) is 0 Å². The lowest BCUT2D eigenvalue weighted by atomic mass is 10.4. The average molecular weight is 215 g/mol. The fraction of sp³-hybridized carbons (Fsp3) is 0.727. The molecule has 0 spiro atoms. The number of esters is 1. The van der Waals surface area contributed by atoms with Crippen molar-refractivity contribution in [3.63, 3.8) is 0 Å². The van der Waals surface area contributed by atoms with Crippen molar-refractivity contribution < 1.29 is 10.9 Å². The zero-order chi connectivity index (χ0) is 11.9. The first-order chi connectivity index (χ1) is 6.99. The number of carbonyl (C=O) groups is 1. The molecule has 0 aliphatic carbocycles. The molecule has 0 aromatic carbocycles. The van der Waals surface area contributed by atoms with Gasteiger partial charge >= 0.3 is 5.97 Å². The Morgan fingerprint density at radius 1 is 1.57 bits per heavy atom. The Morgan fingerprint density at radius 3 is 2.64 bits per heavy atom. The third-order valence-corrected chi connectivity index (χ3v) is 6.84. The van der Waals surface area contributed by atoms with E-state index in [1.807, 2.05) is 0 Å². The lowest BCUT2D eigenvalue weighted by Gasteiger charge is -2.24. The molecule has 0 saturated heterocycles. The van der Waals surface area contributed by atoms with Crippen molar-refractivity contribution in [3.8, 4) is 0 Å². The maximum atomic E-state index is 11.4. The van der Waals surface area contributed by atoms with Gasteiger partial charge in [0.05, 0.1) is 15.7 Å². The molecule has 0 rings (SSSR count). The van der Waals surface area contributed by atoms with E-state index in [0.29, 0.717) is 11.8 Å². The van der Waals surface area contributed by atoms with Gasteiger partial charge in [-0.25, -0.2) is 4.79 Å². The molecular weight excluding hydrogens is 192 g/mol. The van der Waals surface area contributed by atoms with Gasteiger partial charge < -0.3 is 4.74 Å². The van der Waals surface area contributed by atoms with Gasteiger partial charge in [-0.2, -0.15) is 0 Å². The Balaban J connectivity index is 4.17. The highest BCUT2D eigenvalue weighted by atomic mass is 28.3. The van der Waals surface area contributed by atoms with Crippen LogP contribution >= 0.6 is 0 Å². The first-order valence-corrected chi connectivity index (χ1v) is 8.33. The number of ether oxygens (including phenoxy) is 1. The van der Waals surface area contributed by atoms with Crippen molar-refractivity contribution in [3.05, 3.63) is 12.1 Å². The van der Waals surface area contributed by atoms with Crippen LogP contribution in [0.4, 0.5) is 0 Å². The largest absolute Gasteiger partial charge is 0.466 e. The molecule has 0 aromatic heterocycles. The standard InChI is InChI=1S/C11H22O2Si/c1-6-8-14(5,7-2)9-13-11(12)10(3)4/h3,6-9H2,1-2,4-5H3/i3D. The van der Waals surface area contributed by atoms with E-state index in [-0.39, 0.29) is 5.97 Å². The molecule has 0 N–H and O–H groups in total. The Kier molecular flexibility index (Phi) is 4.94. The molecule has 0 amide bonds. The monoisotopic (exact) mass is 215 g/mol. The van der Waals surface area contributed by atoms with E-state index in [9.17, 15) is 4.79 Å². The summed E-state index contributed by atoms with van der Waals surface area (Å²) in [4.78, 5) is 11.4. The van der Waals surface area contributed by atoms with Crippen LogP contribution in [0, 0.1) is 0 Å². The van der Waals surface area contributed by atoms with E-state index >= 15 is 0 Å². The van der Waals surface area contributed by atoms with Crippen molar-refractivity contribution in [2.75, 3.05) is 6.23 Å². The van der Waals surface area contributed by atoms with E-state index in [0.717, 1.165) is 19.0 Å². The third-order valence-electron chi connectivity index (χ3n) is 2.58. The normalized spacial score (nSPS) is 17.1. The van der Waals surface area contributed by atoms with Crippen LogP contribution in [0.15, 0.2) is 12.1 Å². The second-order valence-corrected chi connectivity index (χ2v) is 9.29. The summed E-state index contributed by atoms with van der Waals surface area (Å²) in [6.45, 7) is 9.26. The van der Waals surface area contributed by atoms with Crippen molar-refractivity contribution >= 4 is 14.0 Å². The van der Waals surface area contributed by atoms with Gasteiger partial charge in [0, 0.05) is 5.57 Å². The molecule has 0 aliphatic rings. The quantitative estimate of drug-likeness (QED) is 0.386. The molecule has 82 valence electrons. The molecule has 1 unspecified atom stereocenters. The van der Waals surface area contributed by atoms with Gasteiger partial charge in [0.25, 0.3) is 0 Å². The summed E-state index contributed by atoms with van der Waals surface area (Å²) in [5.74, 6) is -0.340. The molecule has 0 bridgehead atoms. The minimum Gasteiger partial charge on any atom is -0.466 e. The van der Waals surface area contributed by atoms with Gasteiger partial charge in [-0.3, -0.25) is 0 Å². The lowest BCUT2D eigenvalue weighted by molar-refractivity contribution is -0.137. The zero-order valence-electron chi connectivity index (χ0n) is 10.7. The summed E-state index contributed by atoms with van der Waals surface area (Å²) in [7, 11) is -1.38. The fourth-order valence-electron chi connectivity index (χ4n) is 1.31. The predicted octanol–water partition coefficient (Wildman–Crippen LogP) is 3.15. The van der Waals surface area contributed by atoms with Crippen LogP contribution in [0.1, 0.15) is 28.6 Å². The number of hydrogen-bond donors (Lipinski definition) is 0. The molecule has 0 aromatic rings. The molecule has 0 radical (unpaired) electrons. The van der Waals surface area contributed by atoms with Gasteiger partial charge in [0.2, 0.25) is 0 Å². The van der Waals surface area contributed by atoms with Gasteiger partial charge in [-0.05, 0) is 6.92 Å². The summed E-state index contributed by atoms with van der Waals surface area (Å²) in [5.41, 5.74) is 0.374. The van der Waals surface area contributed by atoms with E-state index < -0.39 is 8.07 Å². The van der Waals surface area contributed by atoms with Crippen LogP contribution in [-0.2, 0) is 9.53 Å². The molecule has 0 heterocycles. The molecule has 3 heteroatoms. The van der Waals surface area contributed by atoms with E-state index in [1.165, 1.54) is 6.04 Å². The minimum atomic E-state index is -1.38. The first kappa shape index (κ1) is 11.5. The Bertz CT molecular complexity index is 241. The second kappa shape index (κ2) is 6.01. The third kappa shape index (κ3) is 4.60. The topological polar surface area (TPSA) is 26.3 Å². The van der Waals surface area contributed by atoms with Crippen molar-refractivity contribution in [2.45, 2.75) is 45.8 Å². The molecule has 1 atom stereocenters. The van der Waals surface area contributed by atoms with Gasteiger partial charge in [-0.1, -0.05) is 45.5 Å². The Morgan fingerprint density at radius 2 is 2.21 bits per heavy atom.